The Morgan fingerprint density at radius 1 is 1.50 bits per heavy atom. The smallest absolute Gasteiger partial charge is 0.277 e. The van der Waals surface area contributed by atoms with Crippen molar-refractivity contribution in [1.82, 2.24) is 19.7 Å². The second-order valence-electron chi connectivity index (χ2n) is 2.98. The highest BCUT2D eigenvalue weighted by atomic mass is 32.2. The van der Waals surface area contributed by atoms with E-state index in [0.29, 0.717) is 16.2 Å². The maximum absolute atomic E-state index is 11.6. The summed E-state index contributed by atoms with van der Waals surface area (Å²) in [5, 5.41) is 4.78. The van der Waals surface area contributed by atoms with E-state index in [4.69, 9.17) is 0 Å². The summed E-state index contributed by atoms with van der Waals surface area (Å²) in [7, 11) is 1.74. The summed E-state index contributed by atoms with van der Waals surface area (Å²) >= 11 is 1.41. The Morgan fingerprint density at radius 2 is 2.21 bits per heavy atom. The van der Waals surface area contributed by atoms with E-state index in [1.807, 2.05) is 13.2 Å². The lowest BCUT2D eigenvalue weighted by atomic mass is 10.4. The molecule has 0 saturated heterocycles. The standard InChI is InChI=1S/C8H10N4OS/c1-4-5-6(12(2)11-4)7(13)10-8(9-5)14-3/h1-3H3,(H,9,10,13). The van der Waals surface area contributed by atoms with Crippen molar-refractivity contribution in [2.24, 2.45) is 7.05 Å². The first-order valence-corrected chi connectivity index (χ1v) is 5.33. The first-order chi connectivity index (χ1) is 6.63. The lowest BCUT2D eigenvalue weighted by Gasteiger charge is -1.96. The number of fused-ring (bicyclic) bond motifs is 1. The van der Waals surface area contributed by atoms with Crippen molar-refractivity contribution in [2.45, 2.75) is 12.1 Å². The maximum atomic E-state index is 11.6. The molecule has 0 aliphatic carbocycles. The average Bonchev–Trinajstić information content (AvgIpc) is 2.42. The Kier molecular flexibility index (Phi) is 2.07. The molecule has 0 aromatic carbocycles. The molecule has 14 heavy (non-hydrogen) atoms. The van der Waals surface area contributed by atoms with Gasteiger partial charge in [0, 0.05) is 7.05 Å². The van der Waals surface area contributed by atoms with Gasteiger partial charge in [0.2, 0.25) is 0 Å². The summed E-state index contributed by atoms with van der Waals surface area (Å²) in [5.74, 6) is 0. The normalized spacial score (nSPS) is 11.1. The summed E-state index contributed by atoms with van der Waals surface area (Å²) in [5.41, 5.74) is 1.85. The van der Waals surface area contributed by atoms with Crippen LogP contribution < -0.4 is 5.56 Å². The summed E-state index contributed by atoms with van der Waals surface area (Å²) in [6.45, 7) is 1.85. The van der Waals surface area contributed by atoms with Crippen LogP contribution in [0.25, 0.3) is 11.0 Å². The van der Waals surface area contributed by atoms with Gasteiger partial charge >= 0.3 is 0 Å². The number of aryl methyl sites for hydroxylation is 2. The van der Waals surface area contributed by atoms with Crippen molar-refractivity contribution >= 4 is 22.8 Å². The lowest BCUT2D eigenvalue weighted by Crippen LogP contribution is -2.11. The van der Waals surface area contributed by atoms with E-state index >= 15 is 0 Å². The molecular formula is C8H10N4OS. The number of thioether (sulfide) groups is 1. The van der Waals surface area contributed by atoms with Gasteiger partial charge in [0.05, 0.1) is 5.69 Å². The molecule has 0 spiro atoms. The molecule has 6 heteroatoms. The Bertz CT molecular complexity index is 542. The third kappa shape index (κ3) is 1.22. The molecule has 0 amide bonds. The maximum Gasteiger partial charge on any atom is 0.277 e. The van der Waals surface area contributed by atoms with Crippen LogP contribution in [0.15, 0.2) is 9.95 Å². The van der Waals surface area contributed by atoms with Gasteiger partial charge in [-0.1, -0.05) is 11.8 Å². The van der Waals surface area contributed by atoms with E-state index in [2.05, 4.69) is 15.1 Å². The fraction of sp³-hybridized carbons (Fsp3) is 0.375. The second-order valence-corrected chi connectivity index (χ2v) is 3.78. The first kappa shape index (κ1) is 9.26. The third-order valence-electron chi connectivity index (χ3n) is 2.03. The molecule has 2 heterocycles. The summed E-state index contributed by atoms with van der Waals surface area (Å²) in [4.78, 5) is 18.6. The lowest BCUT2D eigenvalue weighted by molar-refractivity contribution is 0.777. The van der Waals surface area contributed by atoms with Gasteiger partial charge in [-0.15, -0.1) is 0 Å². The topological polar surface area (TPSA) is 63.6 Å². The zero-order valence-electron chi connectivity index (χ0n) is 8.16. The molecule has 0 fully saturated rings. The first-order valence-electron chi connectivity index (χ1n) is 4.11. The molecule has 74 valence electrons. The zero-order valence-corrected chi connectivity index (χ0v) is 8.97. The fourth-order valence-corrected chi connectivity index (χ4v) is 1.80. The highest BCUT2D eigenvalue weighted by Crippen LogP contribution is 2.14. The van der Waals surface area contributed by atoms with Gasteiger partial charge < -0.3 is 0 Å². The molecule has 2 aromatic rings. The molecule has 0 radical (unpaired) electrons. The van der Waals surface area contributed by atoms with E-state index in [0.717, 1.165) is 5.69 Å². The average molecular weight is 210 g/mol. The number of H-pyrrole nitrogens is 1. The number of hydrogen-bond donors (Lipinski definition) is 1. The summed E-state index contributed by atoms with van der Waals surface area (Å²) in [6.07, 6.45) is 1.87. The molecule has 2 aromatic heterocycles. The molecule has 1 N–H and O–H groups in total. The molecule has 0 aliphatic rings. The van der Waals surface area contributed by atoms with Crippen LogP contribution in [0.2, 0.25) is 0 Å². The largest absolute Gasteiger partial charge is 0.300 e. The SMILES string of the molecule is CSc1nc2c(C)nn(C)c2c(=O)[nH]1. The monoisotopic (exact) mass is 210 g/mol. The van der Waals surface area contributed by atoms with Crippen LogP contribution in [0.1, 0.15) is 5.69 Å². The number of nitrogens with one attached hydrogen (secondary N) is 1. The van der Waals surface area contributed by atoms with Crippen LogP contribution in [0, 0.1) is 6.92 Å². The van der Waals surface area contributed by atoms with Gasteiger partial charge in [0.15, 0.2) is 10.7 Å². The van der Waals surface area contributed by atoms with Gasteiger partial charge in [-0.25, -0.2) is 4.98 Å². The van der Waals surface area contributed by atoms with Crippen molar-refractivity contribution in [2.75, 3.05) is 6.26 Å². The number of aromatic nitrogens is 4. The van der Waals surface area contributed by atoms with Gasteiger partial charge in [-0.3, -0.25) is 14.5 Å². The Morgan fingerprint density at radius 3 is 2.86 bits per heavy atom. The summed E-state index contributed by atoms with van der Waals surface area (Å²) < 4.78 is 1.56. The van der Waals surface area contributed by atoms with Crippen molar-refractivity contribution in [1.29, 1.82) is 0 Å². The van der Waals surface area contributed by atoms with Crippen molar-refractivity contribution in [3.8, 4) is 0 Å². The van der Waals surface area contributed by atoms with Crippen LogP contribution >= 0.6 is 11.8 Å². The molecule has 0 saturated carbocycles. The highest BCUT2D eigenvalue weighted by molar-refractivity contribution is 7.98. The van der Waals surface area contributed by atoms with Crippen LogP contribution in [0.4, 0.5) is 0 Å². The van der Waals surface area contributed by atoms with Gasteiger partial charge in [-0.05, 0) is 13.2 Å². The van der Waals surface area contributed by atoms with Crippen molar-refractivity contribution < 1.29 is 0 Å². The Balaban J connectivity index is 2.93. The second kappa shape index (κ2) is 3.13. The fourth-order valence-electron chi connectivity index (χ4n) is 1.42. The molecule has 0 aliphatic heterocycles. The molecule has 0 atom stereocenters. The van der Waals surface area contributed by atoms with Crippen LogP contribution in [-0.2, 0) is 7.05 Å². The molecule has 0 bridgehead atoms. The van der Waals surface area contributed by atoms with E-state index < -0.39 is 0 Å². The molecule has 0 unspecified atom stereocenters. The summed E-state index contributed by atoms with van der Waals surface area (Å²) in [6, 6.07) is 0. The minimum atomic E-state index is -0.137. The Hall–Kier alpha value is -1.30. The Labute approximate surface area is 84.5 Å². The van der Waals surface area contributed by atoms with Crippen molar-refractivity contribution in [3.05, 3.63) is 16.0 Å². The predicted octanol–water partition coefficient (Wildman–Crippen LogP) is 0.687. The van der Waals surface area contributed by atoms with Crippen molar-refractivity contribution in [3.63, 3.8) is 0 Å². The predicted molar refractivity (Wildman–Crippen MR) is 55.6 cm³/mol. The number of nitrogens with zero attached hydrogens (tertiary/aromatic N) is 3. The minimum absolute atomic E-state index is 0.137. The van der Waals surface area contributed by atoms with E-state index in [1.165, 1.54) is 11.8 Å². The van der Waals surface area contributed by atoms with Gasteiger partial charge in [0.1, 0.15) is 5.52 Å². The quantitative estimate of drug-likeness (QED) is 0.555. The number of hydrogen-bond acceptors (Lipinski definition) is 4. The van der Waals surface area contributed by atoms with Crippen LogP contribution in [0.3, 0.4) is 0 Å². The molecular weight excluding hydrogens is 200 g/mol. The third-order valence-corrected chi connectivity index (χ3v) is 2.61. The molecule has 2 rings (SSSR count). The van der Waals surface area contributed by atoms with Gasteiger partial charge in [-0.2, -0.15) is 5.10 Å². The van der Waals surface area contributed by atoms with E-state index in [1.54, 1.807) is 11.7 Å². The van der Waals surface area contributed by atoms with E-state index in [-0.39, 0.29) is 5.56 Å². The van der Waals surface area contributed by atoms with Gasteiger partial charge in [0.25, 0.3) is 5.56 Å². The number of aromatic amines is 1. The van der Waals surface area contributed by atoms with E-state index in [9.17, 15) is 4.79 Å². The molecule has 5 nitrogen and oxygen atoms in total. The van der Waals surface area contributed by atoms with Crippen LogP contribution in [-0.4, -0.2) is 26.0 Å². The minimum Gasteiger partial charge on any atom is -0.300 e. The van der Waals surface area contributed by atoms with Crippen LogP contribution in [0.5, 0.6) is 0 Å². The number of rotatable bonds is 1. The zero-order chi connectivity index (χ0) is 10.3. The highest BCUT2D eigenvalue weighted by Gasteiger charge is 2.11.